The van der Waals surface area contributed by atoms with Crippen molar-refractivity contribution >= 4 is 5.91 Å². The van der Waals surface area contributed by atoms with Gasteiger partial charge in [-0.2, -0.15) is 0 Å². The Labute approximate surface area is 137 Å². The number of aryl methyl sites for hydroxylation is 1. The predicted molar refractivity (Wildman–Crippen MR) is 91.9 cm³/mol. The molecule has 0 spiro atoms. The predicted octanol–water partition coefficient (Wildman–Crippen LogP) is 4.01. The van der Waals surface area contributed by atoms with E-state index in [1.807, 2.05) is 19.9 Å². The summed E-state index contributed by atoms with van der Waals surface area (Å²) in [4.78, 5) is 16.3. The number of ether oxygens (including phenoxy) is 1. The summed E-state index contributed by atoms with van der Waals surface area (Å²) < 4.78 is 5.48. The van der Waals surface area contributed by atoms with Crippen molar-refractivity contribution in [3.8, 4) is 5.75 Å². The zero-order valence-corrected chi connectivity index (χ0v) is 14.4. The van der Waals surface area contributed by atoms with Gasteiger partial charge in [-0.25, -0.2) is 0 Å². The molecule has 2 rings (SSSR count). The van der Waals surface area contributed by atoms with E-state index in [1.54, 1.807) is 31.6 Å². The van der Waals surface area contributed by atoms with E-state index in [0.717, 1.165) is 22.4 Å². The van der Waals surface area contributed by atoms with Crippen molar-refractivity contribution in [1.29, 1.82) is 0 Å². The van der Waals surface area contributed by atoms with Gasteiger partial charge in [-0.3, -0.25) is 9.78 Å². The van der Waals surface area contributed by atoms with Crippen molar-refractivity contribution < 1.29 is 9.53 Å². The van der Waals surface area contributed by atoms with E-state index < -0.39 is 0 Å². The van der Waals surface area contributed by atoms with Crippen molar-refractivity contribution in [3.63, 3.8) is 0 Å². The van der Waals surface area contributed by atoms with Gasteiger partial charge in [0.1, 0.15) is 5.75 Å². The fraction of sp³-hybridized carbons (Fsp3) is 0.368. The van der Waals surface area contributed by atoms with Crippen molar-refractivity contribution in [2.24, 2.45) is 0 Å². The van der Waals surface area contributed by atoms with E-state index in [2.05, 4.69) is 30.2 Å². The maximum atomic E-state index is 12.3. The van der Waals surface area contributed by atoms with Gasteiger partial charge in [0, 0.05) is 12.4 Å². The van der Waals surface area contributed by atoms with Crippen molar-refractivity contribution in [2.45, 2.75) is 39.7 Å². The minimum atomic E-state index is -0.119. The first-order valence-corrected chi connectivity index (χ1v) is 7.83. The van der Waals surface area contributed by atoms with Crippen LogP contribution in [-0.2, 0) is 0 Å². The van der Waals surface area contributed by atoms with Crippen LogP contribution < -0.4 is 10.1 Å². The molecule has 0 bridgehead atoms. The Hall–Kier alpha value is -2.36. The molecule has 1 aromatic carbocycles. The maximum absolute atomic E-state index is 12.3. The second-order valence-electron chi connectivity index (χ2n) is 6.04. The molecular weight excluding hydrogens is 288 g/mol. The van der Waals surface area contributed by atoms with Crippen LogP contribution in [0.5, 0.6) is 5.75 Å². The summed E-state index contributed by atoms with van der Waals surface area (Å²) in [5.41, 5.74) is 3.92. The lowest BCUT2D eigenvalue weighted by Gasteiger charge is -2.21. The second kappa shape index (κ2) is 7.27. The van der Waals surface area contributed by atoms with Gasteiger partial charge in [-0.05, 0) is 60.7 Å². The molecule has 1 heterocycles. The fourth-order valence-corrected chi connectivity index (χ4v) is 2.67. The molecule has 0 saturated heterocycles. The summed E-state index contributed by atoms with van der Waals surface area (Å²) in [6.07, 6.45) is 3.23. The van der Waals surface area contributed by atoms with E-state index >= 15 is 0 Å². The molecule has 0 aliphatic carbocycles. The van der Waals surface area contributed by atoms with Crippen LogP contribution in [0.3, 0.4) is 0 Å². The lowest BCUT2D eigenvalue weighted by Crippen LogP contribution is -2.27. The van der Waals surface area contributed by atoms with Gasteiger partial charge in [-0.1, -0.05) is 13.8 Å². The second-order valence-corrected chi connectivity index (χ2v) is 6.04. The van der Waals surface area contributed by atoms with Crippen molar-refractivity contribution in [1.82, 2.24) is 10.3 Å². The van der Waals surface area contributed by atoms with Crippen LogP contribution in [0.4, 0.5) is 0 Å². The van der Waals surface area contributed by atoms with E-state index in [9.17, 15) is 4.79 Å². The largest absolute Gasteiger partial charge is 0.496 e. The molecule has 1 amide bonds. The average Bonchev–Trinajstić information content (AvgIpc) is 2.54. The molecule has 4 heteroatoms. The van der Waals surface area contributed by atoms with Crippen LogP contribution in [0.2, 0.25) is 0 Å². The Morgan fingerprint density at radius 3 is 2.52 bits per heavy atom. The Morgan fingerprint density at radius 2 is 1.96 bits per heavy atom. The normalized spacial score (nSPS) is 12.1. The van der Waals surface area contributed by atoms with E-state index in [-0.39, 0.29) is 11.9 Å². The summed E-state index contributed by atoms with van der Waals surface area (Å²) in [7, 11) is 1.69. The third-order valence-electron chi connectivity index (χ3n) is 3.98. The number of benzene rings is 1. The molecule has 23 heavy (non-hydrogen) atoms. The Kier molecular flexibility index (Phi) is 5.37. The SMILES string of the molecule is COc1cc(C)c([C@H](C)NC(=O)c2cccnc2)cc1C(C)C. The lowest BCUT2D eigenvalue weighted by molar-refractivity contribution is 0.0939. The Morgan fingerprint density at radius 1 is 1.22 bits per heavy atom. The number of nitrogens with one attached hydrogen (secondary N) is 1. The Balaban J connectivity index is 2.27. The summed E-state index contributed by atoms with van der Waals surface area (Å²) in [6.45, 7) is 8.30. The van der Waals surface area contributed by atoms with Crippen molar-refractivity contribution in [3.05, 3.63) is 58.9 Å². The van der Waals surface area contributed by atoms with Gasteiger partial charge in [0.25, 0.3) is 5.91 Å². The summed E-state index contributed by atoms with van der Waals surface area (Å²) in [5, 5.41) is 3.04. The molecule has 122 valence electrons. The molecule has 4 nitrogen and oxygen atoms in total. The van der Waals surface area contributed by atoms with Gasteiger partial charge in [0.05, 0.1) is 18.7 Å². The number of hydrogen-bond donors (Lipinski definition) is 1. The van der Waals surface area contributed by atoms with E-state index in [0.29, 0.717) is 11.5 Å². The minimum Gasteiger partial charge on any atom is -0.496 e. The van der Waals surface area contributed by atoms with Crippen LogP contribution in [0, 0.1) is 6.92 Å². The highest BCUT2D eigenvalue weighted by Gasteiger charge is 2.17. The van der Waals surface area contributed by atoms with Gasteiger partial charge in [0.15, 0.2) is 0 Å². The standard InChI is InChI=1S/C19H24N2O2/c1-12(2)16-10-17(13(3)9-18(16)23-5)14(4)21-19(22)15-7-6-8-20-11-15/h6-12,14H,1-5H3,(H,21,22)/t14-/m0/s1. The molecule has 1 atom stereocenters. The van der Waals surface area contributed by atoms with Crippen molar-refractivity contribution in [2.75, 3.05) is 7.11 Å². The quantitative estimate of drug-likeness (QED) is 0.907. The van der Waals surface area contributed by atoms with Gasteiger partial charge in [-0.15, -0.1) is 0 Å². The monoisotopic (exact) mass is 312 g/mol. The van der Waals surface area contributed by atoms with Gasteiger partial charge >= 0.3 is 0 Å². The minimum absolute atomic E-state index is 0.0916. The molecule has 0 unspecified atom stereocenters. The van der Waals surface area contributed by atoms with Gasteiger partial charge < -0.3 is 10.1 Å². The van der Waals surface area contributed by atoms with Crippen LogP contribution in [0.25, 0.3) is 0 Å². The fourth-order valence-electron chi connectivity index (χ4n) is 2.67. The first kappa shape index (κ1) is 17.0. The molecule has 0 fully saturated rings. The van der Waals surface area contributed by atoms with Gasteiger partial charge in [0.2, 0.25) is 0 Å². The molecule has 0 aliphatic heterocycles. The highest BCUT2D eigenvalue weighted by Crippen LogP contribution is 2.32. The Bertz CT molecular complexity index is 681. The third kappa shape index (κ3) is 3.89. The molecule has 0 radical (unpaired) electrons. The zero-order valence-electron chi connectivity index (χ0n) is 14.4. The maximum Gasteiger partial charge on any atom is 0.253 e. The third-order valence-corrected chi connectivity index (χ3v) is 3.98. The topological polar surface area (TPSA) is 51.2 Å². The van der Waals surface area contributed by atoms with E-state index in [1.165, 1.54) is 0 Å². The summed E-state index contributed by atoms with van der Waals surface area (Å²) >= 11 is 0. The number of hydrogen-bond acceptors (Lipinski definition) is 3. The number of nitrogens with zero attached hydrogens (tertiary/aromatic N) is 1. The van der Waals surface area contributed by atoms with Crippen LogP contribution in [0.15, 0.2) is 36.7 Å². The van der Waals surface area contributed by atoms with Crippen LogP contribution >= 0.6 is 0 Å². The number of pyridine rings is 1. The molecular formula is C19H24N2O2. The first-order chi connectivity index (χ1) is 10.9. The summed E-state index contributed by atoms with van der Waals surface area (Å²) in [6, 6.07) is 7.60. The van der Waals surface area contributed by atoms with E-state index in [4.69, 9.17) is 4.74 Å². The number of amides is 1. The highest BCUT2D eigenvalue weighted by atomic mass is 16.5. The number of carbonyl (C=O) groups is 1. The van der Waals surface area contributed by atoms with Crippen LogP contribution in [0.1, 0.15) is 59.8 Å². The highest BCUT2D eigenvalue weighted by molar-refractivity contribution is 5.94. The zero-order chi connectivity index (χ0) is 17.0. The molecule has 1 N–H and O–H groups in total. The number of aromatic nitrogens is 1. The molecule has 2 aromatic rings. The molecule has 0 saturated carbocycles. The average molecular weight is 312 g/mol. The number of methoxy groups -OCH3 is 1. The number of carbonyl (C=O) groups excluding carboxylic acids is 1. The number of rotatable bonds is 5. The first-order valence-electron chi connectivity index (χ1n) is 7.83. The molecule has 0 aliphatic rings. The smallest absolute Gasteiger partial charge is 0.253 e. The van der Waals surface area contributed by atoms with Crippen LogP contribution in [-0.4, -0.2) is 18.0 Å². The summed E-state index contributed by atoms with van der Waals surface area (Å²) in [5.74, 6) is 1.13. The lowest BCUT2D eigenvalue weighted by atomic mass is 9.93. The molecule has 1 aromatic heterocycles.